The summed E-state index contributed by atoms with van der Waals surface area (Å²) in [4.78, 5) is 35.2. The van der Waals surface area contributed by atoms with E-state index in [9.17, 15) is 14.4 Å². The number of benzene rings is 3. The number of methoxy groups -OCH3 is 1. The molecule has 0 aliphatic heterocycles. The Kier molecular flexibility index (Phi) is 6.64. The van der Waals surface area contributed by atoms with Crippen LogP contribution in [0, 0.1) is 0 Å². The number of ether oxygens (including phenoxy) is 3. The van der Waals surface area contributed by atoms with Crippen molar-refractivity contribution < 1.29 is 28.6 Å². The highest BCUT2D eigenvalue weighted by atomic mass is 16.6. The number of nitrogens with one attached hydrogen (secondary N) is 1. The molecule has 7 nitrogen and oxygen atoms in total. The number of hydrogen-bond acceptors (Lipinski definition) is 6. The molecule has 0 aliphatic carbocycles. The highest BCUT2D eigenvalue weighted by molar-refractivity contribution is 5.97. The third-order valence-electron chi connectivity index (χ3n) is 4.36. The Labute approximate surface area is 173 Å². The zero-order valence-electron chi connectivity index (χ0n) is 16.6. The van der Waals surface area contributed by atoms with Crippen LogP contribution in [0.5, 0.6) is 11.5 Å². The molecule has 0 spiro atoms. The van der Waals surface area contributed by atoms with Gasteiger partial charge in [-0.1, -0.05) is 30.3 Å². The van der Waals surface area contributed by atoms with Gasteiger partial charge in [-0.15, -0.1) is 0 Å². The summed E-state index contributed by atoms with van der Waals surface area (Å²) in [5.74, 6) is -0.563. The van der Waals surface area contributed by atoms with Crippen molar-refractivity contribution >= 4 is 34.6 Å². The Bertz CT molecular complexity index is 1080. The minimum absolute atomic E-state index is 0.285. The fourth-order valence-electron chi connectivity index (χ4n) is 2.81. The largest absolute Gasteiger partial charge is 0.493 e. The van der Waals surface area contributed by atoms with Gasteiger partial charge in [-0.3, -0.25) is 9.59 Å². The second-order valence-electron chi connectivity index (χ2n) is 6.50. The van der Waals surface area contributed by atoms with Crippen molar-refractivity contribution in [2.24, 2.45) is 0 Å². The maximum Gasteiger partial charge on any atom is 0.344 e. The molecule has 30 heavy (non-hydrogen) atoms. The number of anilines is 1. The van der Waals surface area contributed by atoms with Gasteiger partial charge in [0.15, 0.2) is 24.2 Å². The highest BCUT2D eigenvalue weighted by Crippen LogP contribution is 2.27. The lowest BCUT2D eigenvalue weighted by atomic mass is 10.1. The summed E-state index contributed by atoms with van der Waals surface area (Å²) in [5.41, 5.74) is 1.03. The molecule has 0 fully saturated rings. The van der Waals surface area contributed by atoms with E-state index in [0.717, 1.165) is 10.8 Å². The van der Waals surface area contributed by atoms with Gasteiger partial charge in [0.1, 0.15) is 6.29 Å². The maximum absolute atomic E-state index is 12.3. The molecule has 0 aromatic heterocycles. The molecule has 0 saturated heterocycles. The van der Waals surface area contributed by atoms with E-state index in [1.54, 1.807) is 6.07 Å². The van der Waals surface area contributed by atoms with E-state index in [4.69, 9.17) is 14.2 Å². The molecule has 154 valence electrons. The minimum atomic E-state index is -1.01. The molecule has 0 radical (unpaired) electrons. The third kappa shape index (κ3) is 5.14. The average molecular weight is 407 g/mol. The summed E-state index contributed by atoms with van der Waals surface area (Å²) in [6.45, 7) is 1.07. The monoisotopic (exact) mass is 407 g/mol. The molecule has 0 bridgehead atoms. The van der Waals surface area contributed by atoms with Gasteiger partial charge in [0.2, 0.25) is 0 Å². The van der Waals surface area contributed by atoms with Crippen LogP contribution < -0.4 is 14.8 Å². The smallest absolute Gasteiger partial charge is 0.344 e. The summed E-state index contributed by atoms with van der Waals surface area (Å²) < 4.78 is 15.7. The molecule has 7 heteroatoms. The third-order valence-corrected chi connectivity index (χ3v) is 4.36. The van der Waals surface area contributed by atoms with Gasteiger partial charge in [-0.25, -0.2) is 4.79 Å². The molecule has 1 amide bonds. The molecule has 3 aromatic rings. The van der Waals surface area contributed by atoms with Gasteiger partial charge >= 0.3 is 5.97 Å². The first kappa shape index (κ1) is 20.9. The van der Waals surface area contributed by atoms with E-state index >= 15 is 0 Å². The fraction of sp³-hybridized carbons (Fsp3) is 0.174. The van der Waals surface area contributed by atoms with Crippen molar-refractivity contribution in [2.75, 3.05) is 19.0 Å². The van der Waals surface area contributed by atoms with Gasteiger partial charge in [0, 0.05) is 11.3 Å². The Morgan fingerprint density at radius 2 is 1.77 bits per heavy atom. The predicted octanol–water partition coefficient (Wildman–Crippen LogP) is 3.61. The van der Waals surface area contributed by atoms with Crippen molar-refractivity contribution in [3.63, 3.8) is 0 Å². The van der Waals surface area contributed by atoms with Gasteiger partial charge in [-0.05, 0) is 48.0 Å². The number of fused-ring (bicyclic) bond motifs is 1. The number of hydrogen-bond donors (Lipinski definition) is 1. The summed E-state index contributed by atoms with van der Waals surface area (Å²) >= 11 is 0. The summed E-state index contributed by atoms with van der Waals surface area (Å²) in [7, 11) is 1.42. The molecular weight excluding hydrogens is 386 g/mol. The molecule has 3 rings (SSSR count). The second kappa shape index (κ2) is 9.56. The van der Waals surface area contributed by atoms with E-state index in [0.29, 0.717) is 23.3 Å². The summed E-state index contributed by atoms with van der Waals surface area (Å²) in [6.07, 6.45) is -0.331. The molecule has 0 aliphatic rings. The number of aldehydes is 1. The Morgan fingerprint density at radius 3 is 2.50 bits per heavy atom. The lowest BCUT2D eigenvalue weighted by Gasteiger charge is -2.15. The topological polar surface area (TPSA) is 90.9 Å². The van der Waals surface area contributed by atoms with E-state index in [1.807, 2.05) is 36.4 Å². The molecule has 1 atom stereocenters. The molecule has 0 heterocycles. The first-order valence-corrected chi connectivity index (χ1v) is 9.25. The zero-order chi connectivity index (χ0) is 21.5. The quantitative estimate of drug-likeness (QED) is 0.453. The van der Waals surface area contributed by atoms with Crippen molar-refractivity contribution in [3.05, 3.63) is 66.2 Å². The number of rotatable bonds is 8. The SMILES string of the molecule is COc1cc(C=O)ccc1OCC(=O)O[C@H](C)C(=O)Nc1ccc2ccccc2c1. The van der Waals surface area contributed by atoms with Crippen LogP contribution in [0.15, 0.2) is 60.7 Å². The highest BCUT2D eigenvalue weighted by Gasteiger charge is 2.19. The van der Waals surface area contributed by atoms with Crippen LogP contribution in [-0.4, -0.2) is 38.0 Å². The van der Waals surface area contributed by atoms with Gasteiger partial charge in [-0.2, -0.15) is 0 Å². The van der Waals surface area contributed by atoms with Crippen LogP contribution in [-0.2, 0) is 14.3 Å². The normalized spacial score (nSPS) is 11.4. The lowest BCUT2D eigenvalue weighted by molar-refractivity contribution is -0.155. The Hall–Kier alpha value is -3.87. The van der Waals surface area contributed by atoms with Gasteiger partial charge < -0.3 is 19.5 Å². The summed E-state index contributed by atoms with van der Waals surface area (Å²) in [5, 5.41) is 4.78. The Balaban J connectivity index is 1.54. The first-order chi connectivity index (χ1) is 14.5. The minimum Gasteiger partial charge on any atom is -0.493 e. The lowest BCUT2D eigenvalue weighted by Crippen LogP contribution is -2.31. The van der Waals surface area contributed by atoms with Gasteiger partial charge in [0.25, 0.3) is 5.91 Å². The molecule has 0 unspecified atom stereocenters. The zero-order valence-corrected chi connectivity index (χ0v) is 16.6. The number of amides is 1. The Morgan fingerprint density at radius 1 is 1.00 bits per heavy atom. The molecule has 1 N–H and O–H groups in total. The molecule has 3 aromatic carbocycles. The van der Waals surface area contributed by atoms with Crippen LogP contribution in [0.3, 0.4) is 0 Å². The van der Waals surface area contributed by atoms with Crippen molar-refractivity contribution in [1.29, 1.82) is 0 Å². The van der Waals surface area contributed by atoms with Crippen molar-refractivity contribution in [3.8, 4) is 11.5 Å². The molecular formula is C23H21NO6. The van der Waals surface area contributed by atoms with Crippen molar-refractivity contribution in [2.45, 2.75) is 13.0 Å². The number of esters is 1. The van der Waals surface area contributed by atoms with E-state index in [-0.39, 0.29) is 5.75 Å². The van der Waals surface area contributed by atoms with E-state index in [1.165, 1.54) is 32.2 Å². The van der Waals surface area contributed by atoms with Crippen LogP contribution >= 0.6 is 0 Å². The van der Waals surface area contributed by atoms with E-state index in [2.05, 4.69) is 5.32 Å². The van der Waals surface area contributed by atoms with Crippen LogP contribution in [0.2, 0.25) is 0 Å². The summed E-state index contributed by atoms with van der Waals surface area (Å²) in [6, 6.07) is 17.9. The standard InChI is InChI=1S/C23H21NO6/c1-15(23(27)24-19-9-8-17-5-3-4-6-18(17)12-19)30-22(26)14-29-20-10-7-16(13-25)11-21(20)28-2/h3-13,15H,14H2,1-2H3,(H,24,27)/t15-/m1/s1. The van der Waals surface area contributed by atoms with E-state index < -0.39 is 24.6 Å². The number of carbonyl (C=O) groups excluding carboxylic acids is 3. The van der Waals surface area contributed by atoms with Crippen LogP contribution in [0.1, 0.15) is 17.3 Å². The second-order valence-corrected chi connectivity index (χ2v) is 6.50. The average Bonchev–Trinajstić information content (AvgIpc) is 2.77. The van der Waals surface area contributed by atoms with Crippen molar-refractivity contribution in [1.82, 2.24) is 0 Å². The molecule has 0 saturated carbocycles. The maximum atomic E-state index is 12.3. The predicted molar refractivity (Wildman–Crippen MR) is 112 cm³/mol. The fourth-order valence-corrected chi connectivity index (χ4v) is 2.81. The van der Waals surface area contributed by atoms with Crippen LogP contribution in [0.4, 0.5) is 5.69 Å². The number of carbonyl (C=O) groups is 3. The van der Waals surface area contributed by atoms with Gasteiger partial charge in [0.05, 0.1) is 7.11 Å². The first-order valence-electron chi connectivity index (χ1n) is 9.25. The van der Waals surface area contributed by atoms with Crippen LogP contribution in [0.25, 0.3) is 10.8 Å².